The van der Waals surface area contributed by atoms with Gasteiger partial charge in [0.2, 0.25) is 0 Å². The quantitative estimate of drug-likeness (QED) is 0.835. The van der Waals surface area contributed by atoms with Crippen LogP contribution >= 0.6 is 0 Å². The molecule has 0 radical (unpaired) electrons. The van der Waals surface area contributed by atoms with Crippen molar-refractivity contribution in [1.82, 2.24) is 10.2 Å². The molecule has 1 aromatic carbocycles. The molecule has 1 aromatic rings. The molecule has 0 unspecified atom stereocenters. The van der Waals surface area contributed by atoms with Crippen LogP contribution in [0, 0.1) is 5.92 Å². The summed E-state index contributed by atoms with van der Waals surface area (Å²) in [6, 6.07) is 9.64. The van der Waals surface area contributed by atoms with Gasteiger partial charge < -0.3 is 10.1 Å². The zero-order valence-electron chi connectivity index (χ0n) is 13.8. The van der Waals surface area contributed by atoms with E-state index in [-0.39, 0.29) is 0 Å². The van der Waals surface area contributed by atoms with E-state index in [2.05, 4.69) is 55.4 Å². The van der Waals surface area contributed by atoms with Crippen LogP contribution < -0.4 is 5.32 Å². The molecule has 21 heavy (non-hydrogen) atoms. The fourth-order valence-corrected chi connectivity index (χ4v) is 2.89. The second-order valence-corrected chi connectivity index (χ2v) is 6.60. The molecule has 118 valence electrons. The first kappa shape index (κ1) is 16.5. The maximum atomic E-state index is 5.45. The normalized spacial score (nSPS) is 16.8. The van der Waals surface area contributed by atoms with Gasteiger partial charge in [-0.05, 0) is 43.5 Å². The Kier molecular flexibility index (Phi) is 6.68. The van der Waals surface area contributed by atoms with Crippen LogP contribution in [0.15, 0.2) is 24.3 Å². The summed E-state index contributed by atoms with van der Waals surface area (Å²) in [5.74, 6) is 0.702. The molecule has 3 nitrogen and oxygen atoms in total. The van der Waals surface area contributed by atoms with Crippen molar-refractivity contribution in [2.75, 3.05) is 26.8 Å². The third-order valence-electron chi connectivity index (χ3n) is 4.12. The molecule has 0 atom stereocenters. The van der Waals surface area contributed by atoms with Crippen LogP contribution in [0.5, 0.6) is 0 Å². The summed E-state index contributed by atoms with van der Waals surface area (Å²) in [4.78, 5) is 2.48. The van der Waals surface area contributed by atoms with E-state index in [0.29, 0.717) is 12.0 Å². The van der Waals surface area contributed by atoms with Crippen LogP contribution in [0.1, 0.15) is 37.8 Å². The van der Waals surface area contributed by atoms with Crippen LogP contribution in [0.3, 0.4) is 0 Å². The van der Waals surface area contributed by atoms with Crippen LogP contribution in [-0.4, -0.2) is 37.7 Å². The molecule has 1 N–H and O–H groups in total. The molecule has 1 aliphatic heterocycles. The molecule has 2 rings (SSSR count). The SMILES string of the molecule is CC(C)CNCc1cccc(CN(C)C2CCOCC2)c1. The minimum Gasteiger partial charge on any atom is -0.381 e. The van der Waals surface area contributed by atoms with E-state index in [9.17, 15) is 0 Å². The molecule has 1 saturated heterocycles. The predicted molar refractivity (Wildman–Crippen MR) is 88.3 cm³/mol. The van der Waals surface area contributed by atoms with Gasteiger partial charge in [0.15, 0.2) is 0 Å². The summed E-state index contributed by atoms with van der Waals surface area (Å²) in [6.45, 7) is 9.38. The zero-order valence-corrected chi connectivity index (χ0v) is 13.8. The van der Waals surface area contributed by atoms with Gasteiger partial charge in [-0.1, -0.05) is 38.1 Å². The standard InChI is InChI=1S/C18H30N2O/c1-15(2)12-19-13-16-5-4-6-17(11-16)14-20(3)18-7-9-21-10-8-18/h4-6,11,15,18-19H,7-10,12-14H2,1-3H3. The first-order valence-electron chi connectivity index (χ1n) is 8.21. The van der Waals surface area contributed by atoms with Crippen molar-refractivity contribution in [2.24, 2.45) is 5.92 Å². The van der Waals surface area contributed by atoms with Gasteiger partial charge in [-0.15, -0.1) is 0 Å². The van der Waals surface area contributed by atoms with E-state index in [1.807, 2.05) is 0 Å². The lowest BCUT2D eigenvalue weighted by Gasteiger charge is -2.31. The van der Waals surface area contributed by atoms with Gasteiger partial charge in [-0.2, -0.15) is 0 Å². The van der Waals surface area contributed by atoms with Gasteiger partial charge in [0.1, 0.15) is 0 Å². The first-order valence-corrected chi connectivity index (χ1v) is 8.21. The third kappa shape index (κ3) is 5.77. The summed E-state index contributed by atoms with van der Waals surface area (Å²) in [6.07, 6.45) is 2.32. The van der Waals surface area contributed by atoms with Gasteiger partial charge >= 0.3 is 0 Å². The molecule has 1 fully saturated rings. The smallest absolute Gasteiger partial charge is 0.0480 e. The number of ether oxygens (including phenoxy) is 1. The number of hydrogen-bond acceptors (Lipinski definition) is 3. The summed E-state index contributed by atoms with van der Waals surface area (Å²) in [5, 5.41) is 3.51. The number of rotatable bonds is 7. The fourth-order valence-electron chi connectivity index (χ4n) is 2.89. The zero-order chi connectivity index (χ0) is 15.1. The van der Waals surface area contributed by atoms with Crippen molar-refractivity contribution in [1.29, 1.82) is 0 Å². The Morgan fingerprint density at radius 1 is 1.24 bits per heavy atom. The number of nitrogens with zero attached hydrogens (tertiary/aromatic N) is 1. The van der Waals surface area contributed by atoms with Crippen LogP contribution in [-0.2, 0) is 17.8 Å². The van der Waals surface area contributed by atoms with Crippen molar-refractivity contribution in [2.45, 2.75) is 45.8 Å². The molecule has 1 heterocycles. The number of nitrogens with one attached hydrogen (secondary N) is 1. The molecular formula is C18H30N2O. The number of benzene rings is 1. The molecule has 0 spiro atoms. The van der Waals surface area contributed by atoms with E-state index in [0.717, 1.165) is 45.7 Å². The van der Waals surface area contributed by atoms with Gasteiger partial charge in [-0.25, -0.2) is 0 Å². The summed E-state index contributed by atoms with van der Waals surface area (Å²) < 4.78 is 5.45. The summed E-state index contributed by atoms with van der Waals surface area (Å²) in [5.41, 5.74) is 2.79. The lowest BCUT2D eigenvalue weighted by molar-refractivity contribution is 0.0407. The maximum Gasteiger partial charge on any atom is 0.0480 e. The van der Waals surface area contributed by atoms with Gasteiger partial charge in [0, 0.05) is 32.3 Å². The summed E-state index contributed by atoms with van der Waals surface area (Å²) >= 11 is 0. The molecule has 0 saturated carbocycles. The van der Waals surface area contributed by atoms with Crippen LogP contribution in [0.2, 0.25) is 0 Å². The van der Waals surface area contributed by atoms with E-state index in [1.165, 1.54) is 11.1 Å². The Balaban J connectivity index is 1.84. The Bertz CT molecular complexity index is 413. The molecule has 0 amide bonds. The Morgan fingerprint density at radius 2 is 1.95 bits per heavy atom. The third-order valence-corrected chi connectivity index (χ3v) is 4.12. The van der Waals surface area contributed by atoms with Crippen molar-refractivity contribution in [3.8, 4) is 0 Å². The highest BCUT2D eigenvalue weighted by molar-refractivity contribution is 5.23. The Hall–Kier alpha value is -0.900. The maximum absolute atomic E-state index is 5.45. The topological polar surface area (TPSA) is 24.5 Å². The molecule has 0 aliphatic carbocycles. The lowest BCUT2D eigenvalue weighted by atomic mass is 10.1. The second-order valence-electron chi connectivity index (χ2n) is 6.60. The van der Waals surface area contributed by atoms with Gasteiger partial charge in [0.25, 0.3) is 0 Å². The van der Waals surface area contributed by atoms with Gasteiger partial charge in [0.05, 0.1) is 0 Å². The van der Waals surface area contributed by atoms with E-state index in [1.54, 1.807) is 0 Å². The average molecular weight is 290 g/mol. The fraction of sp³-hybridized carbons (Fsp3) is 0.667. The minimum atomic E-state index is 0.668. The highest BCUT2D eigenvalue weighted by atomic mass is 16.5. The monoisotopic (exact) mass is 290 g/mol. The largest absolute Gasteiger partial charge is 0.381 e. The molecule has 0 bridgehead atoms. The molecule has 3 heteroatoms. The predicted octanol–water partition coefficient (Wildman–Crippen LogP) is 3.04. The second kappa shape index (κ2) is 8.52. The van der Waals surface area contributed by atoms with Crippen LogP contribution in [0.25, 0.3) is 0 Å². The highest BCUT2D eigenvalue weighted by Crippen LogP contribution is 2.16. The average Bonchev–Trinajstić information content (AvgIpc) is 2.48. The Morgan fingerprint density at radius 3 is 2.67 bits per heavy atom. The van der Waals surface area contributed by atoms with E-state index < -0.39 is 0 Å². The summed E-state index contributed by atoms with van der Waals surface area (Å²) in [7, 11) is 2.24. The van der Waals surface area contributed by atoms with Crippen molar-refractivity contribution >= 4 is 0 Å². The van der Waals surface area contributed by atoms with Crippen molar-refractivity contribution in [3.63, 3.8) is 0 Å². The minimum absolute atomic E-state index is 0.668. The lowest BCUT2D eigenvalue weighted by Crippen LogP contribution is -2.36. The Labute approximate surface area is 129 Å². The molecular weight excluding hydrogens is 260 g/mol. The first-order chi connectivity index (χ1) is 10.1. The van der Waals surface area contributed by atoms with Gasteiger partial charge in [-0.3, -0.25) is 4.90 Å². The van der Waals surface area contributed by atoms with Crippen molar-refractivity contribution < 1.29 is 4.74 Å². The molecule has 0 aromatic heterocycles. The highest BCUT2D eigenvalue weighted by Gasteiger charge is 2.18. The van der Waals surface area contributed by atoms with E-state index in [4.69, 9.17) is 4.74 Å². The van der Waals surface area contributed by atoms with E-state index >= 15 is 0 Å². The number of hydrogen-bond donors (Lipinski definition) is 1. The van der Waals surface area contributed by atoms with Crippen molar-refractivity contribution in [3.05, 3.63) is 35.4 Å². The van der Waals surface area contributed by atoms with Crippen LogP contribution in [0.4, 0.5) is 0 Å². The molecule has 1 aliphatic rings.